The van der Waals surface area contributed by atoms with E-state index in [1.54, 1.807) is 23.3 Å². The lowest BCUT2D eigenvalue weighted by Crippen LogP contribution is -2.26. The molecule has 0 saturated carbocycles. The maximum absolute atomic E-state index is 12.3. The van der Waals surface area contributed by atoms with Crippen molar-refractivity contribution in [1.29, 1.82) is 0 Å². The normalized spacial score (nSPS) is 16.7. The number of oxazole rings is 1. The molecular weight excluding hydrogens is 348 g/mol. The number of carbonyl (C=O) groups excluding carboxylic acids is 2. The molecule has 1 fully saturated rings. The first-order chi connectivity index (χ1) is 13.2. The maximum atomic E-state index is 12.3. The van der Waals surface area contributed by atoms with Crippen LogP contribution < -0.4 is 0 Å². The molecule has 1 aromatic carbocycles. The Morgan fingerprint density at radius 1 is 1.19 bits per heavy atom. The van der Waals surface area contributed by atoms with Crippen LogP contribution in [0.5, 0.6) is 0 Å². The molecule has 0 N–H and O–H groups in total. The minimum absolute atomic E-state index is 0.0119. The van der Waals surface area contributed by atoms with Crippen LogP contribution in [0.2, 0.25) is 0 Å². The van der Waals surface area contributed by atoms with Crippen molar-refractivity contribution >= 4 is 11.9 Å². The molecule has 7 heteroatoms. The summed E-state index contributed by atoms with van der Waals surface area (Å²) in [5, 5.41) is 0. The highest BCUT2D eigenvalue weighted by Gasteiger charge is 2.35. The van der Waals surface area contributed by atoms with E-state index in [9.17, 15) is 9.59 Å². The summed E-state index contributed by atoms with van der Waals surface area (Å²) in [6.45, 7) is 0.698. The van der Waals surface area contributed by atoms with Gasteiger partial charge >= 0.3 is 5.97 Å². The van der Waals surface area contributed by atoms with Gasteiger partial charge in [0.05, 0.1) is 18.7 Å². The Morgan fingerprint density at radius 2 is 2.04 bits per heavy atom. The van der Waals surface area contributed by atoms with Crippen molar-refractivity contribution < 1.29 is 23.2 Å². The van der Waals surface area contributed by atoms with Crippen LogP contribution in [0.25, 0.3) is 11.5 Å². The third-order valence-corrected chi connectivity index (χ3v) is 4.41. The van der Waals surface area contributed by atoms with E-state index in [2.05, 4.69) is 4.98 Å². The monoisotopic (exact) mass is 366 g/mol. The fourth-order valence-corrected chi connectivity index (χ4v) is 3.02. The number of hydrogen-bond acceptors (Lipinski definition) is 6. The van der Waals surface area contributed by atoms with Gasteiger partial charge in [-0.25, -0.2) is 4.98 Å². The van der Waals surface area contributed by atoms with Gasteiger partial charge in [0.25, 0.3) is 0 Å². The molecule has 3 aromatic rings. The fraction of sp³-hybridized carbons (Fsp3) is 0.250. The molecule has 1 aliphatic rings. The second-order valence-corrected chi connectivity index (χ2v) is 6.37. The van der Waals surface area contributed by atoms with Gasteiger partial charge in [0.15, 0.2) is 0 Å². The van der Waals surface area contributed by atoms with Crippen LogP contribution in [-0.2, 0) is 27.5 Å². The van der Waals surface area contributed by atoms with E-state index in [-0.39, 0.29) is 18.9 Å². The van der Waals surface area contributed by atoms with E-state index < -0.39 is 11.9 Å². The molecule has 4 rings (SSSR count). The van der Waals surface area contributed by atoms with Crippen LogP contribution in [-0.4, -0.2) is 28.3 Å². The van der Waals surface area contributed by atoms with Crippen LogP contribution in [0.15, 0.2) is 63.8 Å². The lowest BCUT2D eigenvalue weighted by atomic mass is 10.1. The Hall–Kier alpha value is -3.35. The minimum Gasteiger partial charge on any atom is -0.467 e. The lowest BCUT2D eigenvalue weighted by molar-refractivity contribution is -0.149. The largest absolute Gasteiger partial charge is 0.467 e. The van der Waals surface area contributed by atoms with Crippen molar-refractivity contribution in [3.8, 4) is 11.5 Å². The van der Waals surface area contributed by atoms with Crippen molar-refractivity contribution in [3.63, 3.8) is 0 Å². The third kappa shape index (κ3) is 3.92. The topological polar surface area (TPSA) is 85.8 Å². The van der Waals surface area contributed by atoms with Crippen LogP contribution in [0.4, 0.5) is 0 Å². The van der Waals surface area contributed by atoms with E-state index in [0.717, 1.165) is 5.56 Å². The summed E-state index contributed by atoms with van der Waals surface area (Å²) < 4.78 is 16.0. The molecule has 1 aliphatic heterocycles. The van der Waals surface area contributed by atoms with Crippen LogP contribution in [0, 0.1) is 5.92 Å². The SMILES string of the molecule is O=C(OCc1coc(-c2ccccc2)n1)[C@H]1CC(=O)N(Cc2ccco2)C1. The summed E-state index contributed by atoms with van der Waals surface area (Å²) >= 11 is 0. The number of esters is 1. The van der Waals surface area contributed by atoms with E-state index in [1.165, 1.54) is 6.26 Å². The summed E-state index contributed by atoms with van der Waals surface area (Å²) in [6, 6.07) is 13.0. The average Bonchev–Trinajstić information content (AvgIpc) is 3.43. The maximum Gasteiger partial charge on any atom is 0.311 e. The summed E-state index contributed by atoms with van der Waals surface area (Å²) in [7, 11) is 0. The molecule has 0 bridgehead atoms. The number of carbonyl (C=O) groups is 2. The number of rotatable bonds is 6. The number of amides is 1. The first-order valence-corrected chi connectivity index (χ1v) is 8.65. The first-order valence-electron chi connectivity index (χ1n) is 8.65. The van der Waals surface area contributed by atoms with Gasteiger partial charge in [-0.1, -0.05) is 18.2 Å². The molecular formula is C20H18N2O5. The molecule has 0 unspecified atom stereocenters. The van der Waals surface area contributed by atoms with Gasteiger partial charge in [0.2, 0.25) is 11.8 Å². The highest BCUT2D eigenvalue weighted by atomic mass is 16.5. The molecule has 2 aromatic heterocycles. The number of likely N-dealkylation sites (tertiary alicyclic amines) is 1. The number of aromatic nitrogens is 1. The zero-order chi connectivity index (χ0) is 18.6. The quantitative estimate of drug-likeness (QED) is 0.624. The van der Waals surface area contributed by atoms with Crippen LogP contribution in [0.3, 0.4) is 0 Å². The second kappa shape index (κ2) is 7.49. The van der Waals surface area contributed by atoms with Gasteiger partial charge < -0.3 is 18.5 Å². The first kappa shape index (κ1) is 17.1. The molecule has 0 aliphatic carbocycles. The zero-order valence-corrected chi connectivity index (χ0v) is 14.5. The van der Waals surface area contributed by atoms with Crippen molar-refractivity contribution in [2.45, 2.75) is 19.6 Å². The Morgan fingerprint density at radius 3 is 2.81 bits per heavy atom. The van der Waals surface area contributed by atoms with Gasteiger partial charge in [-0.15, -0.1) is 0 Å². The summed E-state index contributed by atoms with van der Waals surface area (Å²) in [5.74, 6) is 0.194. The highest BCUT2D eigenvalue weighted by Crippen LogP contribution is 2.23. The second-order valence-electron chi connectivity index (χ2n) is 6.37. The summed E-state index contributed by atoms with van der Waals surface area (Å²) in [6.07, 6.45) is 3.18. The van der Waals surface area contributed by atoms with Gasteiger partial charge in [-0.05, 0) is 24.3 Å². The average molecular weight is 366 g/mol. The van der Waals surface area contributed by atoms with Gasteiger partial charge in [-0.3, -0.25) is 9.59 Å². The Balaban J connectivity index is 1.31. The van der Waals surface area contributed by atoms with Gasteiger partial charge in [0, 0.05) is 18.5 Å². The van der Waals surface area contributed by atoms with Gasteiger partial charge in [0.1, 0.15) is 24.3 Å². The lowest BCUT2D eigenvalue weighted by Gasteiger charge is -2.14. The van der Waals surface area contributed by atoms with E-state index in [0.29, 0.717) is 30.4 Å². The molecule has 3 heterocycles. The number of furan rings is 1. The van der Waals surface area contributed by atoms with E-state index in [4.69, 9.17) is 13.6 Å². The molecule has 0 spiro atoms. The standard InChI is InChI=1S/C20H18N2O5/c23-18-9-15(10-22(18)11-17-7-4-8-25-17)20(24)27-13-16-12-26-19(21-16)14-5-2-1-3-6-14/h1-8,12,15H,9-11,13H2/t15-/m0/s1. The minimum atomic E-state index is -0.479. The predicted octanol–water partition coefficient (Wildman–Crippen LogP) is 3.03. The predicted molar refractivity (Wildman–Crippen MR) is 94.0 cm³/mol. The van der Waals surface area contributed by atoms with E-state index in [1.807, 2.05) is 30.3 Å². The third-order valence-electron chi connectivity index (χ3n) is 4.41. The number of nitrogens with zero attached hydrogens (tertiary/aromatic N) is 2. The molecule has 27 heavy (non-hydrogen) atoms. The zero-order valence-electron chi connectivity index (χ0n) is 14.5. The van der Waals surface area contributed by atoms with Crippen molar-refractivity contribution in [2.24, 2.45) is 5.92 Å². The highest BCUT2D eigenvalue weighted by molar-refractivity contribution is 5.86. The Labute approximate surface area is 155 Å². The van der Waals surface area contributed by atoms with E-state index >= 15 is 0 Å². The molecule has 7 nitrogen and oxygen atoms in total. The molecule has 138 valence electrons. The fourth-order valence-electron chi connectivity index (χ4n) is 3.02. The summed E-state index contributed by atoms with van der Waals surface area (Å²) in [5.41, 5.74) is 1.38. The number of benzene rings is 1. The van der Waals surface area contributed by atoms with Crippen LogP contribution in [0.1, 0.15) is 17.9 Å². The molecule has 1 amide bonds. The van der Waals surface area contributed by atoms with Gasteiger partial charge in [-0.2, -0.15) is 0 Å². The van der Waals surface area contributed by atoms with Crippen molar-refractivity contribution in [2.75, 3.05) is 6.54 Å². The van der Waals surface area contributed by atoms with Crippen molar-refractivity contribution in [1.82, 2.24) is 9.88 Å². The molecule has 0 radical (unpaired) electrons. The Kier molecular flexibility index (Phi) is 4.74. The Bertz CT molecular complexity index is 917. The van der Waals surface area contributed by atoms with Crippen molar-refractivity contribution in [3.05, 3.63) is 66.4 Å². The smallest absolute Gasteiger partial charge is 0.311 e. The number of hydrogen-bond donors (Lipinski definition) is 0. The summed E-state index contributed by atoms with van der Waals surface area (Å²) in [4.78, 5) is 30.3. The number of ether oxygens (including phenoxy) is 1. The molecule has 1 saturated heterocycles. The van der Waals surface area contributed by atoms with Crippen LogP contribution >= 0.6 is 0 Å². The molecule has 1 atom stereocenters.